The van der Waals surface area contributed by atoms with Crippen molar-refractivity contribution in [2.75, 3.05) is 31.6 Å². The predicted octanol–water partition coefficient (Wildman–Crippen LogP) is 1.81. The third-order valence-electron chi connectivity index (χ3n) is 3.15. The molecule has 1 heterocycles. The lowest BCUT2D eigenvalue weighted by atomic mass is 10.2. The van der Waals surface area contributed by atoms with E-state index in [-0.39, 0.29) is 0 Å². The van der Waals surface area contributed by atoms with Gasteiger partial charge in [0.05, 0.1) is 0 Å². The second kappa shape index (κ2) is 6.70. The highest BCUT2D eigenvalue weighted by molar-refractivity contribution is 7.98. The molecule has 0 saturated carbocycles. The first-order chi connectivity index (χ1) is 6.77. The van der Waals surface area contributed by atoms with Crippen molar-refractivity contribution in [2.45, 2.75) is 38.8 Å². The van der Waals surface area contributed by atoms with Gasteiger partial charge in [-0.25, -0.2) is 0 Å². The van der Waals surface area contributed by atoms with Crippen molar-refractivity contribution in [3.63, 3.8) is 0 Å². The Hall–Kier alpha value is 0.270. The van der Waals surface area contributed by atoms with E-state index in [4.69, 9.17) is 0 Å². The minimum Gasteiger partial charge on any atom is -0.313 e. The van der Waals surface area contributed by atoms with Crippen LogP contribution in [-0.2, 0) is 0 Å². The number of thioether (sulfide) groups is 1. The molecule has 0 aliphatic carbocycles. The molecule has 1 rings (SSSR count). The van der Waals surface area contributed by atoms with E-state index in [1.54, 1.807) is 0 Å². The molecule has 0 radical (unpaired) electrons. The summed E-state index contributed by atoms with van der Waals surface area (Å²) in [5.74, 6) is 1.26. The maximum Gasteiger partial charge on any atom is 0.0192 e. The normalized spacial score (nSPS) is 30.2. The van der Waals surface area contributed by atoms with Gasteiger partial charge in [0.15, 0.2) is 0 Å². The molecule has 1 fully saturated rings. The molecule has 14 heavy (non-hydrogen) atoms. The molecule has 1 aliphatic rings. The van der Waals surface area contributed by atoms with Crippen molar-refractivity contribution in [2.24, 2.45) is 0 Å². The monoisotopic (exact) mass is 216 g/mol. The smallest absolute Gasteiger partial charge is 0.0192 e. The van der Waals surface area contributed by atoms with E-state index in [0.717, 1.165) is 6.04 Å². The Bertz CT molecular complexity index is 152. The second-order valence-electron chi connectivity index (χ2n) is 4.18. The van der Waals surface area contributed by atoms with Crippen molar-refractivity contribution in [3.8, 4) is 0 Å². The number of hydrogen-bond acceptors (Lipinski definition) is 3. The van der Waals surface area contributed by atoms with Crippen molar-refractivity contribution in [1.29, 1.82) is 0 Å². The Labute approximate surface area is 92.8 Å². The van der Waals surface area contributed by atoms with Gasteiger partial charge in [0.1, 0.15) is 0 Å². The van der Waals surface area contributed by atoms with Crippen molar-refractivity contribution >= 4 is 11.8 Å². The molecule has 1 N–H and O–H groups in total. The Balaban J connectivity index is 2.41. The lowest BCUT2D eigenvalue weighted by molar-refractivity contribution is 0.216. The van der Waals surface area contributed by atoms with E-state index < -0.39 is 0 Å². The highest BCUT2D eigenvalue weighted by Crippen LogP contribution is 2.11. The van der Waals surface area contributed by atoms with Crippen LogP contribution in [0.4, 0.5) is 0 Å². The molecule has 2 unspecified atom stereocenters. The fraction of sp³-hybridized carbons (Fsp3) is 1.00. The molecule has 0 aromatic heterocycles. The lowest BCUT2D eigenvalue weighted by Crippen LogP contribution is -2.40. The molecule has 0 amide bonds. The van der Waals surface area contributed by atoms with E-state index in [0.29, 0.717) is 6.04 Å². The molecule has 0 aromatic rings. The summed E-state index contributed by atoms with van der Waals surface area (Å²) >= 11 is 1.95. The zero-order valence-corrected chi connectivity index (χ0v) is 10.6. The van der Waals surface area contributed by atoms with Crippen LogP contribution in [0.1, 0.15) is 26.7 Å². The summed E-state index contributed by atoms with van der Waals surface area (Å²) in [5.41, 5.74) is 0. The van der Waals surface area contributed by atoms with Gasteiger partial charge in [0.2, 0.25) is 0 Å². The van der Waals surface area contributed by atoms with Crippen LogP contribution < -0.4 is 5.32 Å². The first-order valence-electron chi connectivity index (χ1n) is 5.74. The molecule has 3 heteroatoms. The maximum atomic E-state index is 3.62. The Morgan fingerprint density at radius 2 is 2.29 bits per heavy atom. The van der Waals surface area contributed by atoms with Crippen LogP contribution in [0.25, 0.3) is 0 Å². The molecule has 1 aliphatic heterocycles. The lowest BCUT2D eigenvalue weighted by Gasteiger charge is -2.28. The van der Waals surface area contributed by atoms with Gasteiger partial charge in [-0.15, -0.1) is 0 Å². The Morgan fingerprint density at radius 1 is 1.50 bits per heavy atom. The van der Waals surface area contributed by atoms with Gasteiger partial charge in [-0.05, 0) is 32.6 Å². The van der Waals surface area contributed by atoms with Crippen LogP contribution in [0, 0.1) is 0 Å². The summed E-state index contributed by atoms with van der Waals surface area (Å²) in [7, 11) is 0. The molecule has 1 saturated heterocycles. The highest BCUT2D eigenvalue weighted by atomic mass is 32.2. The predicted molar refractivity (Wildman–Crippen MR) is 66.1 cm³/mol. The van der Waals surface area contributed by atoms with Crippen LogP contribution in [0.15, 0.2) is 0 Å². The molecule has 84 valence electrons. The van der Waals surface area contributed by atoms with Crippen LogP contribution in [0.5, 0.6) is 0 Å². The first kappa shape index (κ1) is 12.3. The quantitative estimate of drug-likeness (QED) is 0.771. The topological polar surface area (TPSA) is 15.3 Å². The number of nitrogens with zero attached hydrogens (tertiary/aromatic N) is 1. The molecular weight excluding hydrogens is 192 g/mol. The van der Waals surface area contributed by atoms with Crippen LogP contribution >= 0.6 is 11.8 Å². The van der Waals surface area contributed by atoms with E-state index >= 15 is 0 Å². The van der Waals surface area contributed by atoms with E-state index in [1.807, 2.05) is 11.8 Å². The summed E-state index contributed by atoms with van der Waals surface area (Å²) < 4.78 is 0. The summed E-state index contributed by atoms with van der Waals surface area (Å²) in [4.78, 5) is 2.64. The first-order valence-corrected chi connectivity index (χ1v) is 7.13. The van der Waals surface area contributed by atoms with E-state index in [1.165, 1.54) is 38.2 Å². The Morgan fingerprint density at radius 3 is 2.93 bits per heavy atom. The largest absolute Gasteiger partial charge is 0.313 e. The maximum absolute atomic E-state index is 3.62. The van der Waals surface area contributed by atoms with Crippen LogP contribution in [0.3, 0.4) is 0 Å². The second-order valence-corrected chi connectivity index (χ2v) is 5.17. The molecule has 0 bridgehead atoms. The summed E-state index contributed by atoms with van der Waals surface area (Å²) in [5, 5.41) is 3.62. The van der Waals surface area contributed by atoms with Crippen LogP contribution in [0.2, 0.25) is 0 Å². The summed E-state index contributed by atoms with van der Waals surface area (Å²) in [6, 6.07) is 1.47. The fourth-order valence-electron chi connectivity index (χ4n) is 2.00. The van der Waals surface area contributed by atoms with Gasteiger partial charge in [-0.3, -0.25) is 4.90 Å². The number of hydrogen-bond donors (Lipinski definition) is 1. The van der Waals surface area contributed by atoms with Gasteiger partial charge in [-0.2, -0.15) is 11.8 Å². The van der Waals surface area contributed by atoms with Crippen molar-refractivity contribution in [1.82, 2.24) is 10.2 Å². The molecule has 2 atom stereocenters. The average Bonchev–Trinajstić information content (AvgIpc) is 2.37. The fourth-order valence-corrected chi connectivity index (χ4v) is 2.42. The summed E-state index contributed by atoms with van der Waals surface area (Å²) in [6.07, 6.45) is 4.74. The third-order valence-corrected chi connectivity index (χ3v) is 3.74. The average molecular weight is 216 g/mol. The van der Waals surface area contributed by atoms with E-state index in [2.05, 4.69) is 30.3 Å². The number of rotatable bonds is 4. The van der Waals surface area contributed by atoms with Gasteiger partial charge in [0.25, 0.3) is 0 Å². The zero-order chi connectivity index (χ0) is 10.4. The van der Waals surface area contributed by atoms with Gasteiger partial charge < -0.3 is 5.32 Å². The molecule has 2 nitrogen and oxygen atoms in total. The minimum absolute atomic E-state index is 0.710. The minimum atomic E-state index is 0.710. The van der Waals surface area contributed by atoms with Gasteiger partial charge in [-0.1, -0.05) is 6.92 Å². The zero-order valence-electron chi connectivity index (χ0n) is 9.75. The van der Waals surface area contributed by atoms with Crippen molar-refractivity contribution < 1.29 is 0 Å². The van der Waals surface area contributed by atoms with Gasteiger partial charge in [0, 0.05) is 30.9 Å². The van der Waals surface area contributed by atoms with Crippen LogP contribution in [-0.4, -0.2) is 48.6 Å². The molecule has 0 spiro atoms. The van der Waals surface area contributed by atoms with Gasteiger partial charge >= 0.3 is 0 Å². The number of nitrogens with one attached hydrogen (secondary N) is 1. The van der Waals surface area contributed by atoms with E-state index in [9.17, 15) is 0 Å². The molecular formula is C11H24N2S. The Kier molecular flexibility index (Phi) is 5.90. The standard InChI is InChI=1S/C11H24N2S/c1-4-11-9-13(7-8-14-3)10(2)5-6-12-11/h10-12H,4-9H2,1-3H3. The SMILES string of the molecule is CCC1CN(CCSC)C(C)CCN1. The summed E-state index contributed by atoms with van der Waals surface area (Å²) in [6.45, 7) is 8.31. The highest BCUT2D eigenvalue weighted by Gasteiger charge is 2.20. The third kappa shape index (κ3) is 3.79. The molecule has 0 aromatic carbocycles. The van der Waals surface area contributed by atoms with Crippen molar-refractivity contribution in [3.05, 3.63) is 0 Å².